The Morgan fingerprint density at radius 3 is 2.63 bits per heavy atom. The zero-order chi connectivity index (χ0) is 20.7. The van der Waals surface area contributed by atoms with Crippen molar-refractivity contribution < 1.29 is 13.5 Å². The number of nitrogens with zero attached hydrogens (tertiary/aromatic N) is 4. The van der Waals surface area contributed by atoms with E-state index in [1.165, 1.54) is 0 Å². The lowest BCUT2D eigenvalue weighted by Crippen LogP contribution is -2.32. The largest absolute Gasteiger partial charge is 0.480 e. The molecule has 0 radical (unpaired) electrons. The van der Waals surface area contributed by atoms with Crippen LogP contribution in [0.5, 0.6) is 5.88 Å². The van der Waals surface area contributed by atoms with Crippen molar-refractivity contribution in [1.82, 2.24) is 24.9 Å². The summed E-state index contributed by atoms with van der Waals surface area (Å²) in [6, 6.07) is 5.76. The van der Waals surface area contributed by atoms with Gasteiger partial charge in [-0.25, -0.2) is 8.78 Å². The molecule has 0 aliphatic heterocycles. The first-order chi connectivity index (χ1) is 14.5. The molecule has 9 heteroatoms. The number of aromatic amines is 1. The molecule has 4 aromatic rings. The standard InChI is InChI=1S/C21H20F2N6O/c1-30-19-17-14(12-2-3-15-16(10-12)25-9-8-24-15)11-26-18(17)28-20(29-19)27-13-4-6-21(22,23)7-5-13/h2-3,8-11,13H,4-7H2,1H3,(H2,26,27,28,29). The van der Waals surface area contributed by atoms with E-state index in [2.05, 4.69) is 30.2 Å². The van der Waals surface area contributed by atoms with E-state index in [4.69, 9.17) is 4.74 Å². The van der Waals surface area contributed by atoms with Crippen LogP contribution in [0.25, 0.3) is 33.2 Å². The Labute approximate surface area is 170 Å². The van der Waals surface area contributed by atoms with Gasteiger partial charge in [0.25, 0.3) is 0 Å². The molecule has 3 aromatic heterocycles. The van der Waals surface area contributed by atoms with Gasteiger partial charge in [0.2, 0.25) is 17.8 Å². The van der Waals surface area contributed by atoms with Crippen LogP contribution in [-0.4, -0.2) is 44.0 Å². The number of halogens is 2. The van der Waals surface area contributed by atoms with Crippen molar-refractivity contribution in [3.05, 3.63) is 36.8 Å². The number of methoxy groups -OCH3 is 1. The first-order valence-corrected chi connectivity index (χ1v) is 9.81. The molecule has 1 saturated carbocycles. The smallest absolute Gasteiger partial charge is 0.248 e. The Kier molecular flexibility index (Phi) is 4.45. The van der Waals surface area contributed by atoms with Gasteiger partial charge in [0.1, 0.15) is 5.65 Å². The van der Waals surface area contributed by atoms with Crippen LogP contribution < -0.4 is 10.1 Å². The number of alkyl halides is 2. The highest BCUT2D eigenvalue weighted by Gasteiger charge is 2.35. The number of hydrogen-bond donors (Lipinski definition) is 2. The number of nitrogens with one attached hydrogen (secondary N) is 2. The summed E-state index contributed by atoms with van der Waals surface area (Å²) in [5.41, 5.74) is 4.04. The van der Waals surface area contributed by atoms with Crippen molar-refractivity contribution in [2.24, 2.45) is 0 Å². The molecule has 1 aliphatic rings. The van der Waals surface area contributed by atoms with Gasteiger partial charge in [-0.05, 0) is 30.5 Å². The number of ether oxygens (including phenoxy) is 1. The SMILES string of the molecule is COc1nc(NC2CCC(F)(F)CC2)nc2[nH]cc(-c3ccc4nccnc4c3)c12. The molecule has 0 atom stereocenters. The fraction of sp³-hybridized carbons (Fsp3) is 0.333. The number of aromatic nitrogens is 5. The molecule has 0 amide bonds. The maximum atomic E-state index is 13.4. The first kappa shape index (κ1) is 18.7. The lowest BCUT2D eigenvalue weighted by atomic mass is 9.92. The van der Waals surface area contributed by atoms with Crippen molar-refractivity contribution in [1.29, 1.82) is 0 Å². The van der Waals surface area contributed by atoms with Crippen LogP contribution in [0.4, 0.5) is 14.7 Å². The molecule has 1 fully saturated rings. The van der Waals surface area contributed by atoms with E-state index in [1.807, 2.05) is 24.4 Å². The minimum atomic E-state index is -2.57. The van der Waals surface area contributed by atoms with E-state index in [9.17, 15) is 8.78 Å². The van der Waals surface area contributed by atoms with Crippen molar-refractivity contribution in [2.45, 2.75) is 37.6 Å². The van der Waals surface area contributed by atoms with Gasteiger partial charge in [-0.1, -0.05) is 6.07 Å². The topological polar surface area (TPSA) is 88.6 Å². The molecule has 0 spiro atoms. The molecule has 154 valence electrons. The Morgan fingerprint density at radius 1 is 1.10 bits per heavy atom. The average molecular weight is 410 g/mol. The minimum Gasteiger partial charge on any atom is -0.480 e. The fourth-order valence-corrected chi connectivity index (χ4v) is 3.94. The third-order valence-corrected chi connectivity index (χ3v) is 5.52. The van der Waals surface area contributed by atoms with E-state index < -0.39 is 5.92 Å². The van der Waals surface area contributed by atoms with Crippen LogP contribution >= 0.6 is 0 Å². The summed E-state index contributed by atoms with van der Waals surface area (Å²) in [7, 11) is 1.55. The second-order valence-electron chi connectivity index (χ2n) is 7.52. The monoisotopic (exact) mass is 410 g/mol. The number of benzene rings is 1. The Hall–Kier alpha value is -3.36. The fourth-order valence-electron chi connectivity index (χ4n) is 3.94. The zero-order valence-electron chi connectivity index (χ0n) is 16.3. The van der Waals surface area contributed by atoms with E-state index in [0.717, 1.165) is 27.5 Å². The molecule has 2 N–H and O–H groups in total. The highest BCUT2D eigenvalue weighted by Crippen LogP contribution is 2.37. The summed E-state index contributed by atoms with van der Waals surface area (Å²) in [5.74, 6) is -1.79. The molecule has 30 heavy (non-hydrogen) atoms. The summed E-state index contributed by atoms with van der Waals surface area (Å²) in [6.45, 7) is 0. The van der Waals surface area contributed by atoms with Gasteiger partial charge in [0.05, 0.1) is 23.5 Å². The molecular formula is C21H20F2N6O. The van der Waals surface area contributed by atoms with Crippen molar-refractivity contribution in [3.8, 4) is 17.0 Å². The van der Waals surface area contributed by atoms with Gasteiger partial charge in [-0.3, -0.25) is 9.97 Å². The molecule has 1 aliphatic carbocycles. The minimum absolute atomic E-state index is 0.0831. The van der Waals surface area contributed by atoms with Gasteiger partial charge >= 0.3 is 0 Å². The van der Waals surface area contributed by atoms with Gasteiger partial charge < -0.3 is 15.0 Å². The van der Waals surface area contributed by atoms with E-state index in [-0.39, 0.29) is 18.9 Å². The van der Waals surface area contributed by atoms with Crippen LogP contribution in [-0.2, 0) is 0 Å². The molecule has 7 nitrogen and oxygen atoms in total. The average Bonchev–Trinajstić information content (AvgIpc) is 3.18. The normalized spacial score (nSPS) is 16.8. The summed E-state index contributed by atoms with van der Waals surface area (Å²) in [5, 5.41) is 3.94. The Morgan fingerprint density at radius 2 is 1.87 bits per heavy atom. The van der Waals surface area contributed by atoms with Crippen molar-refractivity contribution in [3.63, 3.8) is 0 Å². The third-order valence-electron chi connectivity index (χ3n) is 5.52. The molecule has 1 aromatic carbocycles. The van der Waals surface area contributed by atoms with Gasteiger partial charge in [0.15, 0.2) is 0 Å². The Bertz CT molecular complexity index is 1210. The summed E-state index contributed by atoms with van der Waals surface area (Å²) in [4.78, 5) is 20.9. The molecule has 5 rings (SSSR count). The molecule has 0 bridgehead atoms. The number of hydrogen-bond acceptors (Lipinski definition) is 6. The second kappa shape index (κ2) is 7.16. The van der Waals surface area contributed by atoms with Crippen molar-refractivity contribution in [2.75, 3.05) is 12.4 Å². The van der Waals surface area contributed by atoms with Crippen molar-refractivity contribution >= 4 is 28.0 Å². The third kappa shape index (κ3) is 3.40. The zero-order valence-corrected chi connectivity index (χ0v) is 16.3. The highest BCUT2D eigenvalue weighted by molar-refractivity contribution is 5.99. The summed E-state index contributed by atoms with van der Waals surface area (Å²) >= 11 is 0. The predicted octanol–water partition coefficient (Wildman–Crippen LogP) is 4.57. The maximum Gasteiger partial charge on any atom is 0.248 e. The Balaban J connectivity index is 1.49. The van der Waals surface area contributed by atoms with E-state index in [0.29, 0.717) is 30.3 Å². The van der Waals surface area contributed by atoms with Crippen LogP contribution in [0.1, 0.15) is 25.7 Å². The van der Waals surface area contributed by atoms with Gasteiger partial charge in [-0.2, -0.15) is 9.97 Å². The number of H-pyrrole nitrogens is 1. The molecule has 3 heterocycles. The quantitative estimate of drug-likeness (QED) is 0.513. The lowest BCUT2D eigenvalue weighted by Gasteiger charge is -2.28. The van der Waals surface area contributed by atoms with E-state index in [1.54, 1.807) is 19.5 Å². The van der Waals surface area contributed by atoms with E-state index >= 15 is 0 Å². The van der Waals surface area contributed by atoms with Crippen LogP contribution in [0.15, 0.2) is 36.8 Å². The van der Waals surface area contributed by atoms with Crippen LogP contribution in [0, 0.1) is 0 Å². The van der Waals surface area contributed by atoms with Gasteiger partial charge in [0, 0.05) is 43.0 Å². The summed E-state index contributed by atoms with van der Waals surface area (Å²) in [6.07, 6.45) is 5.68. The number of rotatable bonds is 4. The first-order valence-electron chi connectivity index (χ1n) is 9.81. The molecule has 0 unspecified atom stereocenters. The maximum absolute atomic E-state index is 13.4. The summed E-state index contributed by atoms with van der Waals surface area (Å²) < 4.78 is 32.4. The van der Waals surface area contributed by atoms with Crippen LogP contribution in [0.2, 0.25) is 0 Å². The predicted molar refractivity (Wildman–Crippen MR) is 110 cm³/mol. The highest BCUT2D eigenvalue weighted by atomic mass is 19.3. The second-order valence-corrected chi connectivity index (χ2v) is 7.52. The van der Waals surface area contributed by atoms with Gasteiger partial charge in [-0.15, -0.1) is 0 Å². The molecular weight excluding hydrogens is 390 g/mol. The van der Waals surface area contributed by atoms with Crippen LogP contribution in [0.3, 0.4) is 0 Å². The molecule has 0 saturated heterocycles. The number of fused-ring (bicyclic) bond motifs is 2. The number of anilines is 1. The lowest BCUT2D eigenvalue weighted by molar-refractivity contribution is -0.0361.